The summed E-state index contributed by atoms with van der Waals surface area (Å²) >= 11 is 0. The van der Waals surface area contributed by atoms with Crippen molar-refractivity contribution in [2.45, 2.75) is 19.3 Å². The minimum absolute atomic E-state index is 0.00536. The third kappa shape index (κ3) is 11.3. The van der Waals surface area contributed by atoms with Crippen LogP contribution in [0.3, 0.4) is 0 Å². The van der Waals surface area contributed by atoms with Gasteiger partial charge in [0.15, 0.2) is 0 Å². The van der Waals surface area contributed by atoms with Crippen molar-refractivity contribution in [2.75, 3.05) is 40.0 Å². The van der Waals surface area contributed by atoms with E-state index in [4.69, 9.17) is 9.84 Å². The van der Waals surface area contributed by atoms with E-state index in [1.54, 1.807) is 7.11 Å². The van der Waals surface area contributed by atoms with Gasteiger partial charge in [0.1, 0.15) is 0 Å². The lowest BCUT2D eigenvalue weighted by Crippen LogP contribution is -2.35. The quantitative estimate of drug-likeness (QED) is 0.432. The maximum atomic E-state index is 11.1. The van der Waals surface area contributed by atoms with E-state index in [0.29, 0.717) is 19.7 Å². The van der Waals surface area contributed by atoms with Crippen LogP contribution in [0.2, 0.25) is 0 Å². The maximum absolute atomic E-state index is 11.1. The zero-order valence-electron chi connectivity index (χ0n) is 9.42. The fourth-order valence-electron chi connectivity index (χ4n) is 1.10. The van der Waals surface area contributed by atoms with Crippen molar-refractivity contribution in [3.05, 3.63) is 0 Å². The predicted octanol–water partition coefficient (Wildman–Crippen LogP) is -0.499. The van der Waals surface area contributed by atoms with Crippen LogP contribution in [0.5, 0.6) is 0 Å². The Morgan fingerprint density at radius 3 is 2.73 bits per heavy atom. The molecule has 0 radical (unpaired) electrons. The maximum Gasteiger partial charge on any atom is 0.234 e. The van der Waals surface area contributed by atoms with Crippen LogP contribution in [-0.4, -0.2) is 51.0 Å². The first-order valence-corrected chi connectivity index (χ1v) is 5.38. The number of nitrogens with one attached hydrogen (secondary N) is 2. The number of hydrogen-bond donors (Lipinski definition) is 3. The zero-order valence-corrected chi connectivity index (χ0v) is 9.42. The average molecular weight is 218 g/mol. The fourth-order valence-corrected chi connectivity index (χ4v) is 1.10. The lowest BCUT2D eigenvalue weighted by Gasteiger charge is -2.05. The van der Waals surface area contributed by atoms with Crippen molar-refractivity contribution in [1.29, 1.82) is 0 Å². The fraction of sp³-hybridized carbons (Fsp3) is 0.900. The molecule has 3 N–H and O–H groups in total. The molecule has 15 heavy (non-hydrogen) atoms. The molecule has 0 aliphatic carbocycles. The van der Waals surface area contributed by atoms with Crippen LogP contribution in [0.4, 0.5) is 0 Å². The molecule has 0 fully saturated rings. The molecule has 90 valence electrons. The van der Waals surface area contributed by atoms with E-state index in [0.717, 1.165) is 25.8 Å². The van der Waals surface area contributed by atoms with Crippen LogP contribution in [0, 0.1) is 0 Å². The van der Waals surface area contributed by atoms with Crippen molar-refractivity contribution < 1.29 is 14.6 Å². The van der Waals surface area contributed by atoms with Crippen LogP contribution >= 0.6 is 0 Å². The molecule has 0 aliphatic heterocycles. The van der Waals surface area contributed by atoms with E-state index in [1.165, 1.54) is 0 Å². The summed E-state index contributed by atoms with van der Waals surface area (Å²) in [6.45, 7) is 2.52. The molecule has 5 nitrogen and oxygen atoms in total. The molecule has 0 saturated carbocycles. The highest BCUT2D eigenvalue weighted by Gasteiger charge is 1.98. The van der Waals surface area contributed by atoms with Crippen molar-refractivity contribution in [3.63, 3.8) is 0 Å². The molecule has 0 spiro atoms. The molecule has 0 heterocycles. The summed E-state index contributed by atoms with van der Waals surface area (Å²) in [5.74, 6) is -0.00536. The largest absolute Gasteiger partial charge is 0.396 e. The highest BCUT2D eigenvalue weighted by molar-refractivity contribution is 5.77. The van der Waals surface area contributed by atoms with Crippen molar-refractivity contribution >= 4 is 5.91 Å². The molecule has 0 atom stereocenters. The number of hydrogen-bond acceptors (Lipinski definition) is 4. The van der Waals surface area contributed by atoms with Gasteiger partial charge in [-0.05, 0) is 25.8 Å². The molecular formula is C10H22N2O3. The Labute approximate surface area is 91.2 Å². The van der Waals surface area contributed by atoms with Crippen molar-refractivity contribution in [2.24, 2.45) is 0 Å². The number of aliphatic hydroxyl groups excluding tert-OH is 1. The summed E-state index contributed by atoms with van der Waals surface area (Å²) in [6.07, 6.45) is 2.82. The van der Waals surface area contributed by atoms with Gasteiger partial charge in [-0.15, -0.1) is 0 Å². The molecule has 5 heteroatoms. The Morgan fingerprint density at radius 1 is 1.27 bits per heavy atom. The van der Waals surface area contributed by atoms with Crippen LogP contribution in [0.15, 0.2) is 0 Å². The Hall–Kier alpha value is -0.650. The van der Waals surface area contributed by atoms with E-state index >= 15 is 0 Å². The molecule has 0 aliphatic rings. The summed E-state index contributed by atoms with van der Waals surface area (Å²) < 4.78 is 4.80. The number of carbonyl (C=O) groups is 1. The summed E-state index contributed by atoms with van der Waals surface area (Å²) in [5, 5.41) is 14.3. The highest BCUT2D eigenvalue weighted by Crippen LogP contribution is 1.91. The molecule has 0 bridgehead atoms. The first-order valence-electron chi connectivity index (χ1n) is 5.38. The van der Waals surface area contributed by atoms with Gasteiger partial charge in [0.2, 0.25) is 5.91 Å². The van der Waals surface area contributed by atoms with Crippen molar-refractivity contribution in [3.8, 4) is 0 Å². The molecule has 0 saturated heterocycles. The van der Waals surface area contributed by atoms with E-state index in [2.05, 4.69) is 10.6 Å². The summed E-state index contributed by atoms with van der Waals surface area (Å²) in [4.78, 5) is 11.1. The van der Waals surface area contributed by atoms with E-state index in [1.807, 2.05) is 0 Å². The molecule has 1 amide bonds. The smallest absolute Gasteiger partial charge is 0.234 e. The minimum atomic E-state index is -0.00536. The van der Waals surface area contributed by atoms with Crippen LogP contribution in [0.25, 0.3) is 0 Å². The second-order valence-electron chi connectivity index (χ2n) is 3.30. The Bertz CT molecular complexity index is 154. The molecular weight excluding hydrogens is 196 g/mol. The van der Waals surface area contributed by atoms with Crippen LogP contribution in [-0.2, 0) is 9.53 Å². The second kappa shape index (κ2) is 11.4. The first kappa shape index (κ1) is 14.3. The summed E-state index contributed by atoms with van der Waals surface area (Å²) in [6, 6.07) is 0. The number of aliphatic hydroxyl groups is 1. The van der Waals surface area contributed by atoms with Gasteiger partial charge in [-0.25, -0.2) is 0 Å². The van der Waals surface area contributed by atoms with Gasteiger partial charge >= 0.3 is 0 Å². The van der Waals surface area contributed by atoms with Gasteiger partial charge in [0, 0.05) is 20.3 Å². The third-order valence-electron chi connectivity index (χ3n) is 1.93. The Morgan fingerprint density at radius 2 is 2.07 bits per heavy atom. The predicted molar refractivity (Wildman–Crippen MR) is 58.7 cm³/mol. The summed E-state index contributed by atoms with van der Waals surface area (Å²) in [5.41, 5.74) is 0. The number of amides is 1. The second-order valence-corrected chi connectivity index (χ2v) is 3.30. The first-order chi connectivity index (χ1) is 7.31. The monoisotopic (exact) mass is 218 g/mol. The number of unbranched alkanes of at least 4 members (excludes halogenated alkanes) is 2. The zero-order chi connectivity index (χ0) is 11.4. The van der Waals surface area contributed by atoms with E-state index < -0.39 is 0 Å². The van der Waals surface area contributed by atoms with Gasteiger partial charge in [-0.3, -0.25) is 4.79 Å². The molecule has 0 rings (SSSR count). The van der Waals surface area contributed by atoms with Crippen LogP contribution in [0.1, 0.15) is 19.3 Å². The number of methoxy groups -OCH3 is 1. The van der Waals surface area contributed by atoms with E-state index in [-0.39, 0.29) is 12.5 Å². The Kier molecular flexibility index (Phi) is 10.9. The summed E-state index contributed by atoms with van der Waals surface area (Å²) in [7, 11) is 1.60. The lowest BCUT2D eigenvalue weighted by atomic mass is 10.2. The van der Waals surface area contributed by atoms with Gasteiger partial charge in [-0.1, -0.05) is 0 Å². The molecule has 0 unspecified atom stereocenters. The normalized spacial score (nSPS) is 10.3. The number of carbonyl (C=O) groups excluding carboxylic acids is 1. The average Bonchev–Trinajstić information content (AvgIpc) is 2.23. The molecule has 0 aromatic carbocycles. The lowest BCUT2D eigenvalue weighted by molar-refractivity contribution is -0.120. The van der Waals surface area contributed by atoms with Crippen molar-refractivity contribution in [1.82, 2.24) is 10.6 Å². The van der Waals surface area contributed by atoms with Gasteiger partial charge in [0.05, 0.1) is 13.2 Å². The van der Waals surface area contributed by atoms with Gasteiger partial charge < -0.3 is 20.5 Å². The SMILES string of the molecule is COCCNC(=O)CNCCCCCO. The Balaban J connectivity index is 3.10. The highest BCUT2D eigenvalue weighted by atomic mass is 16.5. The van der Waals surface area contributed by atoms with Gasteiger partial charge in [0.25, 0.3) is 0 Å². The third-order valence-corrected chi connectivity index (χ3v) is 1.93. The molecule has 0 aromatic rings. The van der Waals surface area contributed by atoms with E-state index in [9.17, 15) is 4.79 Å². The number of ether oxygens (including phenoxy) is 1. The molecule has 0 aromatic heterocycles. The number of rotatable bonds is 10. The standard InChI is InChI=1S/C10H22N2O3/c1-15-8-6-12-10(14)9-11-5-3-2-4-7-13/h11,13H,2-9H2,1H3,(H,12,14). The van der Waals surface area contributed by atoms with Gasteiger partial charge in [-0.2, -0.15) is 0 Å². The van der Waals surface area contributed by atoms with Crippen LogP contribution < -0.4 is 10.6 Å². The topological polar surface area (TPSA) is 70.6 Å². The minimum Gasteiger partial charge on any atom is -0.396 e.